The quantitative estimate of drug-likeness (QED) is 0.341. The molecule has 2 aromatic carbocycles. The van der Waals surface area contributed by atoms with E-state index in [0.29, 0.717) is 28.9 Å². The van der Waals surface area contributed by atoms with E-state index < -0.39 is 23.8 Å². The molecule has 0 spiro atoms. The Hall–Kier alpha value is -2.81. The van der Waals surface area contributed by atoms with E-state index in [1.165, 1.54) is 4.90 Å². The van der Waals surface area contributed by atoms with Crippen molar-refractivity contribution in [3.05, 3.63) is 63.5 Å². The average molecular weight is 548 g/mol. The molecule has 37 heavy (non-hydrogen) atoms. The van der Waals surface area contributed by atoms with E-state index >= 15 is 0 Å². The van der Waals surface area contributed by atoms with Crippen LogP contribution < -0.4 is 4.74 Å². The monoisotopic (exact) mass is 547 g/mol. The Morgan fingerprint density at radius 1 is 1.19 bits per heavy atom. The number of amides is 1. The number of β-amino-alcohol motifs (C(OH)–C–C–N with tert-alkyl or cyclic N) is 1. The minimum atomic E-state index is -0.691. The van der Waals surface area contributed by atoms with Crippen LogP contribution in [0.3, 0.4) is 0 Å². The number of nitrogens with zero attached hydrogens (tertiary/aromatic N) is 3. The number of carbonyl (C=O) groups excluding carboxylic acids is 1. The predicted octanol–water partition coefficient (Wildman–Crippen LogP) is 6.41. The molecule has 2 heterocycles. The molecule has 198 valence electrons. The smallest absolute Gasteiger partial charge is 0.411 e. The van der Waals surface area contributed by atoms with Crippen LogP contribution in [0, 0.1) is 6.92 Å². The second-order valence-corrected chi connectivity index (χ2v) is 11.0. The van der Waals surface area contributed by atoms with Crippen LogP contribution in [0.4, 0.5) is 4.79 Å². The number of halogens is 2. The molecule has 1 aliphatic rings. The fourth-order valence-electron chi connectivity index (χ4n) is 4.16. The van der Waals surface area contributed by atoms with Crippen molar-refractivity contribution in [3.63, 3.8) is 0 Å². The normalized spacial score (nSPS) is 17.8. The van der Waals surface area contributed by atoms with Crippen molar-refractivity contribution in [1.29, 1.82) is 0 Å². The van der Waals surface area contributed by atoms with Gasteiger partial charge in [0, 0.05) is 12.0 Å². The van der Waals surface area contributed by atoms with E-state index in [1.54, 1.807) is 26.8 Å². The molecule has 10 heteroatoms. The number of ether oxygens (including phenoxy) is 2. The molecule has 0 aliphatic carbocycles. The Kier molecular flexibility index (Phi) is 8.31. The molecular formula is C27H31Cl2N3O5. The molecule has 1 fully saturated rings. The van der Waals surface area contributed by atoms with Gasteiger partial charge < -0.3 is 19.1 Å². The molecule has 8 nitrogen and oxygen atoms in total. The molecule has 1 amide bonds. The van der Waals surface area contributed by atoms with Crippen molar-refractivity contribution in [2.45, 2.75) is 64.7 Å². The van der Waals surface area contributed by atoms with Crippen molar-refractivity contribution in [2.75, 3.05) is 13.2 Å². The van der Waals surface area contributed by atoms with Gasteiger partial charge >= 0.3 is 6.09 Å². The molecule has 1 aromatic heterocycles. The summed E-state index contributed by atoms with van der Waals surface area (Å²) in [6.45, 7) is 8.04. The lowest BCUT2D eigenvalue weighted by molar-refractivity contribution is 0.0184. The second-order valence-electron chi connectivity index (χ2n) is 10.2. The maximum absolute atomic E-state index is 12.6. The Bertz CT molecular complexity index is 1260. The minimum Gasteiger partial charge on any atom is -0.493 e. The van der Waals surface area contributed by atoms with E-state index in [9.17, 15) is 9.90 Å². The van der Waals surface area contributed by atoms with Crippen LogP contribution in [-0.4, -0.2) is 51.1 Å². The third kappa shape index (κ3) is 6.94. The van der Waals surface area contributed by atoms with Crippen molar-refractivity contribution in [2.24, 2.45) is 0 Å². The van der Waals surface area contributed by atoms with E-state index in [-0.39, 0.29) is 12.4 Å². The highest BCUT2D eigenvalue weighted by Crippen LogP contribution is 2.34. The SMILES string of the molecule is Cc1cc(-c2noc([C@@H]3C[C@@H](O)CN3C(=O)OC(C)(C)C)n2)ccc1OCCCc1ccc(Cl)c(Cl)c1. The highest BCUT2D eigenvalue weighted by atomic mass is 35.5. The molecular weight excluding hydrogens is 517 g/mol. The lowest BCUT2D eigenvalue weighted by atomic mass is 10.1. The number of aryl methyl sites for hydroxylation is 2. The fourth-order valence-corrected chi connectivity index (χ4v) is 4.48. The highest BCUT2D eigenvalue weighted by Gasteiger charge is 2.40. The standard InChI is InChI=1S/C27H31Cl2N3O5/c1-16-12-18(8-10-23(16)35-11-5-6-17-7-9-20(28)21(29)13-17)24-30-25(37-31-24)22-14-19(33)15-32(22)26(34)36-27(2,3)4/h7-10,12-13,19,22,33H,5-6,11,14-15H2,1-4H3/t19-,22+/m1/s1. The van der Waals surface area contributed by atoms with Crippen LogP contribution in [0.25, 0.3) is 11.4 Å². The Morgan fingerprint density at radius 3 is 2.68 bits per heavy atom. The van der Waals surface area contributed by atoms with Crippen LogP contribution in [0.1, 0.15) is 56.7 Å². The molecule has 3 aromatic rings. The maximum Gasteiger partial charge on any atom is 0.411 e. The molecule has 0 radical (unpaired) electrons. The predicted molar refractivity (Wildman–Crippen MR) is 141 cm³/mol. The third-order valence-corrected chi connectivity index (χ3v) is 6.66. The summed E-state index contributed by atoms with van der Waals surface area (Å²) in [5.74, 6) is 1.43. The molecule has 1 aliphatic heterocycles. The van der Waals surface area contributed by atoms with Crippen molar-refractivity contribution in [3.8, 4) is 17.1 Å². The summed E-state index contributed by atoms with van der Waals surface area (Å²) in [4.78, 5) is 18.6. The minimum absolute atomic E-state index is 0.146. The van der Waals surface area contributed by atoms with Gasteiger partial charge in [-0.25, -0.2) is 4.79 Å². The van der Waals surface area contributed by atoms with Gasteiger partial charge in [0.15, 0.2) is 0 Å². The van der Waals surface area contributed by atoms with Crippen LogP contribution in [0.5, 0.6) is 5.75 Å². The largest absolute Gasteiger partial charge is 0.493 e. The third-order valence-electron chi connectivity index (χ3n) is 5.92. The summed E-state index contributed by atoms with van der Waals surface area (Å²) in [5, 5.41) is 15.4. The van der Waals surface area contributed by atoms with Crippen molar-refractivity contribution >= 4 is 29.3 Å². The van der Waals surface area contributed by atoms with Crippen molar-refractivity contribution < 1.29 is 23.9 Å². The van der Waals surface area contributed by atoms with Gasteiger partial charge in [0.1, 0.15) is 17.4 Å². The van der Waals surface area contributed by atoms with Crippen LogP contribution >= 0.6 is 23.2 Å². The first-order chi connectivity index (χ1) is 17.5. The molecule has 0 bridgehead atoms. The summed E-state index contributed by atoms with van der Waals surface area (Å²) in [5.41, 5.74) is 2.15. The molecule has 4 rings (SSSR count). The zero-order chi connectivity index (χ0) is 26.7. The number of aliphatic hydroxyl groups excluding tert-OH is 1. The first-order valence-electron chi connectivity index (χ1n) is 12.2. The summed E-state index contributed by atoms with van der Waals surface area (Å²) in [6.07, 6.45) is 0.743. The Labute approximate surface area is 226 Å². The Balaban J connectivity index is 1.38. The summed E-state index contributed by atoms with van der Waals surface area (Å²) in [7, 11) is 0. The molecule has 2 atom stereocenters. The lowest BCUT2D eigenvalue weighted by Gasteiger charge is -2.26. The van der Waals surface area contributed by atoms with Gasteiger partial charge in [0.25, 0.3) is 0 Å². The topological polar surface area (TPSA) is 97.9 Å². The van der Waals surface area contributed by atoms with E-state index in [1.807, 2.05) is 37.3 Å². The van der Waals surface area contributed by atoms with Gasteiger partial charge in [-0.2, -0.15) is 4.98 Å². The first-order valence-corrected chi connectivity index (χ1v) is 12.9. The van der Waals surface area contributed by atoms with Gasteiger partial charge in [-0.1, -0.05) is 34.4 Å². The maximum atomic E-state index is 12.6. The zero-order valence-corrected chi connectivity index (χ0v) is 22.8. The molecule has 1 saturated heterocycles. The van der Waals surface area contributed by atoms with Gasteiger partial charge in [-0.15, -0.1) is 0 Å². The lowest BCUT2D eigenvalue weighted by Crippen LogP contribution is -2.37. The zero-order valence-electron chi connectivity index (χ0n) is 21.3. The Morgan fingerprint density at radius 2 is 1.97 bits per heavy atom. The van der Waals surface area contributed by atoms with Crippen molar-refractivity contribution in [1.82, 2.24) is 15.0 Å². The number of aromatic nitrogens is 2. The van der Waals surface area contributed by atoms with Crippen LogP contribution in [-0.2, 0) is 11.2 Å². The second kappa shape index (κ2) is 11.3. The van der Waals surface area contributed by atoms with E-state index in [4.69, 9.17) is 37.2 Å². The number of hydrogen-bond acceptors (Lipinski definition) is 7. The summed E-state index contributed by atoms with van der Waals surface area (Å²) < 4.78 is 16.9. The number of aliphatic hydroxyl groups is 1. The number of carbonyl (C=O) groups is 1. The highest BCUT2D eigenvalue weighted by molar-refractivity contribution is 6.42. The fraction of sp³-hybridized carbons (Fsp3) is 0.444. The van der Waals surface area contributed by atoms with E-state index in [0.717, 1.165) is 35.3 Å². The number of likely N-dealkylation sites (tertiary alicyclic amines) is 1. The van der Waals surface area contributed by atoms with Gasteiger partial charge in [-0.3, -0.25) is 4.90 Å². The van der Waals surface area contributed by atoms with E-state index in [2.05, 4.69) is 10.1 Å². The summed E-state index contributed by atoms with van der Waals surface area (Å²) >= 11 is 12.1. The van der Waals surface area contributed by atoms with Crippen LogP contribution in [0.15, 0.2) is 40.9 Å². The average Bonchev–Trinajstić information content (AvgIpc) is 3.45. The first kappa shape index (κ1) is 27.2. The van der Waals surface area contributed by atoms with Gasteiger partial charge in [-0.05, 0) is 82.0 Å². The number of hydrogen-bond donors (Lipinski definition) is 1. The number of benzene rings is 2. The van der Waals surface area contributed by atoms with Gasteiger partial charge in [0.2, 0.25) is 11.7 Å². The molecule has 0 saturated carbocycles. The van der Waals surface area contributed by atoms with Crippen LogP contribution in [0.2, 0.25) is 10.0 Å². The molecule has 1 N–H and O–H groups in total. The van der Waals surface area contributed by atoms with Gasteiger partial charge in [0.05, 0.1) is 29.3 Å². The number of rotatable bonds is 7. The summed E-state index contributed by atoms with van der Waals surface area (Å²) in [6, 6.07) is 10.8. The molecule has 0 unspecified atom stereocenters.